The summed E-state index contributed by atoms with van der Waals surface area (Å²) in [5.74, 6) is -0.0903. The summed E-state index contributed by atoms with van der Waals surface area (Å²) in [5, 5.41) is 8.50. The van der Waals surface area contributed by atoms with Crippen LogP contribution in [0.3, 0.4) is 0 Å². The second-order valence-corrected chi connectivity index (χ2v) is 3.81. The fourth-order valence-electron chi connectivity index (χ4n) is 2.02. The minimum absolute atomic E-state index is 0.0903. The molecular formula is C12H13FN2. The summed E-state index contributed by atoms with van der Waals surface area (Å²) in [6.07, 6.45) is 1.30. The van der Waals surface area contributed by atoms with Crippen LogP contribution in [0.15, 0.2) is 18.2 Å². The van der Waals surface area contributed by atoms with Crippen LogP contribution >= 0.6 is 0 Å². The minimum Gasteiger partial charge on any atom is -0.298 e. The van der Waals surface area contributed by atoms with Gasteiger partial charge >= 0.3 is 0 Å². The van der Waals surface area contributed by atoms with Crippen molar-refractivity contribution in [3.63, 3.8) is 0 Å². The van der Waals surface area contributed by atoms with Gasteiger partial charge in [0.05, 0.1) is 6.07 Å². The smallest absolute Gasteiger partial charge is 0.126 e. The van der Waals surface area contributed by atoms with E-state index in [1.54, 1.807) is 6.07 Å². The summed E-state index contributed by atoms with van der Waals surface area (Å²) in [6.45, 7) is 2.41. The van der Waals surface area contributed by atoms with Gasteiger partial charge in [0.15, 0.2) is 0 Å². The molecule has 0 N–H and O–H groups in total. The molecule has 0 aliphatic carbocycles. The second-order valence-electron chi connectivity index (χ2n) is 3.81. The molecule has 3 heteroatoms. The lowest BCUT2D eigenvalue weighted by Crippen LogP contribution is -2.31. The number of halogens is 1. The lowest BCUT2D eigenvalue weighted by Gasteiger charge is -2.28. The van der Waals surface area contributed by atoms with Crippen molar-refractivity contribution >= 4 is 0 Å². The largest absolute Gasteiger partial charge is 0.298 e. The molecule has 2 nitrogen and oxygen atoms in total. The third-order valence-corrected chi connectivity index (χ3v) is 2.83. The molecule has 1 aliphatic heterocycles. The Labute approximate surface area is 88.9 Å². The molecule has 0 amide bonds. The van der Waals surface area contributed by atoms with E-state index in [1.807, 2.05) is 6.07 Å². The van der Waals surface area contributed by atoms with Crippen LogP contribution in [0.5, 0.6) is 0 Å². The Kier molecular flexibility index (Phi) is 2.98. The standard InChI is InChI=1S/C12H13FN2/c13-12-4-1-3-10-9-15(7-2-6-14)8-5-11(10)12/h1,3-4H,2,5,7-9H2. The average Bonchev–Trinajstić information content (AvgIpc) is 2.26. The van der Waals surface area contributed by atoms with Gasteiger partial charge in [-0.05, 0) is 23.6 Å². The van der Waals surface area contributed by atoms with E-state index in [0.717, 1.165) is 37.2 Å². The van der Waals surface area contributed by atoms with E-state index in [9.17, 15) is 4.39 Å². The van der Waals surface area contributed by atoms with Crippen LogP contribution in [0, 0.1) is 17.1 Å². The van der Waals surface area contributed by atoms with Crippen LogP contribution in [0.25, 0.3) is 0 Å². The van der Waals surface area contributed by atoms with Gasteiger partial charge in [0.25, 0.3) is 0 Å². The zero-order valence-electron chi connectivity index (χ0n) is 8.54. The summed E-state index contributed by atoms with van der Waals surface area (Å²) in [7, 11) is 0. The first-order valence-electron chi connectivity index (χ1n) is 5.17. The predicted molar refractivity (Wildman–Crippen MR) is 55.6 cm³/mol. The van der Waals surface area contributed by atoms with Crippen molar-refractivity contribution in [2.45, 2.75) is 19.4 Å². The van der Waals surface area contributed by atoms with Gasteiger partial charge in [0, 0.05) is 26.1 Å². The molecule has 0 bridgehead atoms. The summed E-state index contributed by atoms with van der Waals surface area (Å²) in [6, 6.07) is 7.37. The van der Waals surface area contributed by atoms with E-state index in [1.165, 1.54) is 6.07 Å². The summed E-state index contributed by atoms with van der Waals surface area (Å²) >= 11 is 0. The Morgan fingerprint density at radius 2 is 2.33 bits per heavy atom. The van der Waals surface area contributed by atoms with E-state index in [-0.39, 0.29) is 5.82 Å². The van der Waals surface area contributed by atoms with Gasteiger partial charge in [-0.25, -0.2) is 4.39 Å². The van der Waals surface area contributed by atoms with Crippen molar-refractivity contribution in [1.82, 2.24) is 4.90 Å². The molecule has 1 aromatic carbocycles. The Morgan fingerprint density at radius 1 is 1.47 bits per heavy atom. The summed E-state index contributed by atoms with van der Waals surface area (Å²) in [4.78, 5) is 2.20. The van der Waals surface area contributed by atoms with Crippen molar-refractivity contribution < 1.29 is 4.39 Å². The molecule has 78 valence electrons. The normalized spacial score (nSPS) is 15.7. The van der Waals surface area contributed by atoms with Gasteiger partial charge in [-0.1, -0.05) is 12.1 Å². The lowest BCUT2D eigenvalue weighted by atomic mass is 9.99. The Hall–Kier alpha value is -1.40. The zero-order valence-corrected chi connectivity index (χ0v) is 8.54. The first-order chi connectivity index (χ1) is 7.31. The zero-order chi connectivity index (χ0) is 10.7. The monoisotopic (exact) mass is 204 g/mol. The van der Waals surface area contributed by atoms with Crippen LogP contribution in [0.2, 0.25) is 0 Å². The van der Waals surface area contributed by atoms with Crippen molar-refractivity contribution in [2.75, 3.05) is 13.1 Å². The maximum Gasteiger partial charge on any atom is 0.126 e. The second kappa shape index (κ2) is 4.41. The molecule has 0 radical (unpaired) electrons. The van der Waals surface area contributed by atoms with Gasteiger partial charge in [0.1, 0.15) is 5.82 Å². The number of rotatable bonds is 2. The Bertz CT molecular complexity index is 395. The first kappa shape index (κ1) is 10.1. The number of nitrogens with zero attached hydrogens (tertiary/aromatic N) is 2. The number of nitriles is 1. The van der Waals surface area contributed by atoms with Crippen molar-refractivity contribution in [3.8, 4) is 6.07 Å². The number of hydrogen-bond acceptors (Lipinski definition) is 2. The molecule has 2 rings (SSSR count). The highest BCUT2D eigenvalue weighted by Crippen LogP contribution is 2.21. The van der Waals surface area contributed by atoms with Crippen molar-refractivity contribution in [1.29, 1.82) is 5.26 Å². The predicted octanol–water partition coefficient (Wildman–Crippen LogP) is 2.10. The number of benzene rings is 1. The average molecular weight is 204 g/mol. The summed E-state index contributed by atoms with van der Waals surface area (Å²) < 4.78 is 13.4. The van der Waals surface area contributed by atoms with Gasteiger partial charge in [-0.15, -0.1) is 0 Å². The van der Waals surface area contributed by atoms with E-state index < -0.39 is 0 Å². The molecule has 0 saturated carbocycles. The third-order valence-electron chi connectivity index (χ3n) is 2.83. The minimum atomic E-state index is -0.0903. The van der Waals surface area contributed by atoms with Gasteiger partial charge in [-0.3, -0.25) is 4.90 Å². The highest BCUT2D eigenvalue weighted by Gasteiger charge is 2.17. The number of fused-ring (bicyclic) bond motifs is 1. The van der Waals surface area contributed by atoms with Gasteiger partial charge < -0.3 is 0 Å². The molecule has 1 aromatic rings. The molecule has 15 heavy (non-hydrogen) atoms. The molecular weight excluding hydrogens is 191 g/mol. The Morgan fingerprint density at radius 3 is 3.13 bits per heavy atom. The fraction of sp³-hybridized carbons (Fsp3) is 0.417. The van der Waals surface area contributed by atoms with Crippen molar-refractivity contribution in [2.24, 2.45) is 0 Å². The number of hydrogen-bond donors (Lipinski definition) is 0. The SMILES string of the molecule is N#CCCN1CCc2c(F)cccc2C1. The van der Waals surface area contributed by atoms with Crippen LogP contribution in [-0.2, 0) is 13.0 Å². The molecule has 0 aromatic heterocycles. The van der Waals surface area contributed by atoms with E-state index in [0.29, 0.717) is 6.42 Å². The topological polar surface area (TPSA) is 27.0 Å². The van der Waals surface area contributed by atoms with Crippen molar-refractivity contribution in [3.05, 3.63) is 35.1 Å². The fourth-order valence-corrected chi connectivity index (χ4v) is 2.02. The summed E-state index contributed by atoms with van der Waals surface area (Å²) in [5.41, 5.74) is 1.92. The molecule has 0 fully saturated rings. The Balaban J connectivity index is 2.11. The molecule has 0 unspecified atom stereocenters. The van der Waals surface area contributed by atoms with Crippen LogP contribution < -0.4 is 0 Å². The quantitative estimate of drug-likeness (QED) is 0.737. The highest BCUT2D eigenvalue weighted by atomic mass is 19.1. The highest BCUT2D eigenvalue weighted by molar-refractivity contribution is 5.30. The first-order valence-corrected chi connectivity index (χ1v) is 5.17. The van der Waals surface area contributed by atoms with Crippen LogP contribution in [0.4, 0.5) is 4.39 Å². The van der Waals surface area contributed by atoms with Gasteiger partial charge in [-0.2, -0.15) is 5.26 Å². The van der Waals surface area contributed by atoms with E-state index >= 15 is 0 Å². The lowest BCUT2D eigenvalue weighted by molar-refractivity contribution is 0.257. The van der Waals surface area contributed by atoms with E-state index in [2.05, 4.69) is 11.0 Å². The van der Waals surface area contributed by atoms with E-state index in [4.69, 9.17) is 5.26 Å². The maximum atomic E-state index is 13.4. The van der Waals surface area contributed by atoms with Crippen LogP contribution in [0.1, 0.15) is 17.5 Å². The molecule has 0 atom stereocenters. The third kappa shape index (κ3) is 2.16. The molecule has 0 spiro atoms. The molecule has 1 heterocycles. The van der Waals surface area contributed by atoms with Gasteiger partial charge in [0.2, 0.25) is 0 Å². The molecule has 1 aliphatic rings. The molecule has 0 saturated heterocycles. The maximum absolute atomic E-state index is 13.4. The van der Waals surface area contributed by atoms with Crippen LogP contribution in [-0.4, -0.2) is 18.0 Å².